The van der Waals surface area contributed by atoms with Gasteiger partial charge in [-0.1, -0.05) is 13.8 Å². The first-order valence-electron chi connectivity index (χ1n) is 4.99. The number of hydrogen-bond acceptors (Lipinski definition) is 2. The van der Waals surface area contributed by atoms with Gasteiger partial charge < -0.3 is 5.32 Å². The van der Waals surface area contributed by atoms with Crippen LogP contribution in [0, 0.1) is 5.92 Å². The van der Waals surface area contributed by atoms with Crippen molar-refractivity contribution in [2.24, 2.45) is 5.92 Å². The molecule has 1 N–H and O–H groups in total. The third-order valence-electron chi connectivity index (χ3n) is 2.15. The maximum Gasteiger partial charge on any atom is 0.0441 e. The molecule has 3 atom stereocenters. The quantitative estimate of drug-likeness (QED) is 0.716. The summed E-state index contributed by atoms with van der Waals surface area (Å²) in [6.07, 6.45) is 2.95. The molecule has 13 heavy (non-hydrogen) atoms. The van der Waals surface area contributed by atoms with Crippen molar-refractivity contribution in [1.82, 2.24) is 5.32 Å². The highest BCUT2D eigenvalue weighted by Crippen LogP contribution is 2.03. The summed E-state index contributed by atoms with van der Waals surface area (Å²) in [5.41, 5.74) is 0. The van der Waals surface area contributed by atoms with Gasteiger partial charge in [-0.15, -0.1) is 0 Å². The van der Waals surface area contributed by atoms with Crippen LogP contribution in [-0.4, -0.2) is 28.3 Å². The lowest BCUT2D eigenvalue weighted by Gasteiger charge is -2.17. The highest BCUT2D eigenvalue weighted by Gasteiger charge is 2.09. The van der Waals surface area contributed by atoms with Crippen molar-refractivity contribution in [3.63, 3.8) is 0 Å². The van der Waals surface area contributed by atoms with Crippen LogP contribution in [0.5, 0.6) is 0 Å². The Bertz CT molecular complexity index is 159. The highest BCUT2D eigenvalue weighted by molar-refractivity contribution is 7.84. The molecule has 80 valence electrons. The monoisotopic (exact) mass is 205 g/mol. The normalized spacial score (nSPS) is 18.6. The van der Waals surface area contributed by atoms with Crippen LogP contribution in [0.3, 0.4) is 0 Å². The van der Waals surface area contributed by atoms with Crippen molar-refractivity contribution in [3.8, 4) is 0 Å². The molecule has 0 aromatic heterocycles. The van der Waals surface area contributed by atoms with Crippen molar-refractivity contribution in [3.05, 3.63) is 0 Å². The Morgan fingerprint density at radius 2 is 1.77 bits per heavy atom. The lowest BCUT2D eigenvalue weighted by molar-refractivity contribution is 0.443. The van der Waals surface area contributed by atoms with Gasteiger partial charge in [0.2, 0.25) is 0 Å². The zero-order valence-electron chi connectivity index (χ0n) is 9.46. The number of rotatable bonds is 6. The van der Waals surface area contributed by atoms with E-state index in [9.17, 15) is 4.21 Å². The molecular weight excluding hydrogens is 182 g/mol. The van der Waals surface area contributed by atoms with E-state index in [1.54, 1.807) is 6.26 Å². The molecule has 3 heteroatoms. The van der Waals surface area contributed by atoms with Crippen LogP contribution in [0.25, 0.3) is 0 Å². The van der Waals surface area contributed by atoms with E-state index < -0.39 is 10.8 Å². The zero-order chi connectivity index (χ0) is 10.4. The van der Waals surface area contributed by atoms with Crippen LogP contribution in [0.1, 0.15) is 34.1 Å². The van der Waals surface area contributed by atoms with Crippen LogP contribution in [0.15, 0.2) is 0 Å². The van der Waals surface area contributed by atoms with E-state index in [2.05, 4.69) is 26.1 Å². The van der Waals surface area contributed by atoms with Crippen molar-refractivity contribution < 1.29 is 4.21 Å². The van der Waals surface area contributed by atoms with Crippen LogP contribution in [0.4, 0.5) is 0 Å². The highest BCUT2D eigenvalue weighted by atomic mass is 32.2. The van der Waals surface area contributed by atoms with Gasteiger partial charge in [0.05, 0.1) is 0 Å². The summed E-state index contributed by atoms with van der Waals surface area (Å²) in [7, 11) is -0.702. The Morgan fingerprint density at radius 1 is 1.23 bits per heavy atom. The lowest BCUT2D eigenvalue weighted by Crippen LogP contribution is -2.34. The molecular formula is C10H23NOS. The van der Waals surface area contributed by atoms with Gasteiger partial charge in [0, 0.05) is 34.9 Å². The molecule has 0 aliphatic carbocycles. The smallest absolute Gasteiger partial charge is 0.0441 e. The van der Waals surface area contributed by atoms with Crippen molar-refractivity contribution in [2.45, 2.75) is 45.4 Å². The fraction of sp³-hybridized carbons (Fsp3) is 1.00. The minimum absolute atomic E-state index is 0.259. The summed E-state index contributed by atoms with van der Waals surface area (Å²) >= 11 is 0. The summed E-state index contributed by atoms with van der Waals surface area (Å²) in [6, 6.07) is 0.533. The summed E-state index contributed by atoms with van der Waals surface area (Å²) in [4.78, 5) is 0. The maximum absolute atomic E-state index is 11.0. The average Bonchev–Trinajstić information content (AvgIpc) is 1.98. The Labute approximate surface area is 84.9 Å². The Kier molecular flexibility index (Phi) is 6.60. The molecule has 0 aromatic rings. The van der Waals surface area contributed by atoms with Gasteiger partial charge in [-0.25, -0.2) is 0 Å². The second-order valence-electron chi connectivity index (χ2n) is 4.25. The Balaban J connectivity index is 3.57. The standard InChI is InChI=1S/C10H23NOS/c1-8(2)6-9(3)11-7-10(4)13(5)12/h8-11H,6-7H2,1-5H3. The molecule has 0 saturated carbocycles. The largest absolute Gasteiger partial charge is 0.313 e. The topological polar surface area (TPSA) is 29.1 Å². The predicted octanol–water partition coefficient (Wildman–Crippen LogP) is 1.78. The summed E-state index contributed by atoms with van der Waals surface area (Å²) < 4.78 is 11.0. The third kappa shape index (κ3) is 7.20. The lowest BCUT2D eigenvalue weighted by atomic mass is 10.1. The second-order valence-corrected chi connectivity index (χ2v) is 6.05. The molecule has 0 aliphatic rings. The molecule has 0 fully saturated rings. The fourth-order valence-electron chi connectivity index (χ4n) is 1.27. The van der Waals surface area contributed by atoms with Gasteiger partial charge in [0.15, 0.2) is 0 Å². The van der Waals surface area contributed by atoms with E-state index in [4.69, 9.17) is 0 Å². The molecule has 0 spiro atoms. The van der Waals surface area contributed by atoms with E-state index >= 15 is 0 Å². The van der Waals surface area contributed by atoms with Gasteiger partial charge in [-0.05, 0) is 26.2 Å². The average molecular weight is 205 g/mol. The molecule has 0 bridgehead atoms. The Morgan fingerprint density at radius 3 is 2.15 bits per heavy atom. The minimum atomic E-state index is -0.702. The molecule has 0 heterocycles. The predicted molar refractivity (Wildman–Crippen MR) is 60.4 cm³/mol. The first kappa shape index (κ1) is 13.1. The van der Waals surface area contributed by atoms with Gasteiger partial charge in [0.1, 0.15) is 0 Å². The van der Waals surface area contributed by atoms with E-state index in [1.807, 2.05) is 6.92 Å². The third-order valence-corrected chi connectivity index (χ3v) is 3.45. The van der Waals surface area contributed by atoms with Crippen LogP contribution >= 0.6 is 0 Å². The van der Waals surface area contributed by atoms with E-state index in [1.165, 1.54) is 6.42 Å². The molecule has 3 unspecified atom stereocenters. The van der Waals surface area contributed by atoms with E-state index in [0.29, 0.717) is 6.04 Å². The van der Waals surface area contributed by atoms with E-state index in [0.717, 1.165) is 12.5 Å². The van der Waals surface area contributed by atoms with E-state index in [-0.39, 0.29) is 5.25 Å². The molecule has 0 amide bonds. The molecule has 0 saturated heterocycles. The molecule has 0 aromatic carbocycles. The SMILES string of the molecule is CC(C)CC(C)NCC(C)S(C)=O. The zero-order valence-corrected chi connectivity index (χ0v) is 10.3. The van der Waals surface area contributed by atoms with Gasteiger partial charge >= 0.3 is 0 Å². The summed E-state index contributed by atoms with van der Waals surface area (Å²) in [5.74, 6) is 0.727. The second kappa shape index (κ2) is 6.55. The fourth-order valence-corrected chi connectivity index (χ4v) is 1.61. The summed E-state index contributed by atoms with van der Waals surface area (Å²) in [6.45, 7) is 9.51. The van der Waals surface area contributed by atoms with Crippen molar-refractivity contribution in [1.29, 1.82) is 0 Å². The van der Waals surface area contributed by atoms with Gasteiger partial charge in [0.25, 0.3) is 0 Å². The number of nitrogens with one attached hydrogen (secondary N) is 1. The number of hydrogen-bond donors (Lipinski definition) is 1. The molecule has 0 aliphatic heterocycles. The molecule has 2 nitrogen and oxygen atoms in total. The maximum atomic E-state index is 11.0. The van der Waals surface area contributed by atoms with Crippen LogP contribution in [-0.2, 0) is 10.8 Å². The summed E-state index contributed by atoms with van der Waals surface area (Å²) in [5, 5.41) is 3.66. The minimum Gasteiger partial charge on any atom is -0.313 e. The van der Waals surface area contributed by atoms with Crippen molar-refractivity contribution in [2.75, 3.05) is 12.8 Å². The van der Waals surface area contributed by atoms with Crippen LogP contribution in [0.2, 0.25) is 0 Å². The van der Waals surface area contributed by atoms with Crippen molar-refractivity contribution >= 4 is 10.8 Å². The Hall–Kier alpha value is 0.110. The first-order chi connectivity index (χ1) is 5.93. The van der Waals surface area contributed by atoms with Gasteiger partial charge in [-0.2, -0.15) is 0 Å². The van der Waals surface area contributed by atoms with Gasteiger partial charge in [-0.3, -0.25) is 4.21 Å². The first-order valence-corrected chi connectivity index (χ1v) is 6.61. The molecule has 0 rings (SSSR count). The molecule has 0 radical (unpaired) electrons. The van der Waals surface area contributed by atoms with Crippen LogP contribution < -0.4 is 5.32 Å².